The van der Waals surface area contributed by atoms with E-state index in [0.717, 1.165) is 30.2 Å². The third-order valence-electron chi connectivity index (χ3n) is 4.91. The van der Waals surface area contributed by atoms with Crippen molar-refractivity contribution in [2.24, 2.45) is 0 Å². The fourth-order valence-corrected chi connectivity index (χ4v) is 3.48. The first-order valence-corrected chi connectivity index (χ1v) is 9.86. The molecule has 0 saturated carbocycles. The molecule has 8 heteroatoms. The van der Waals surface area contributed by atoms with Crippen LogP contribution in [0.25, 0.3) is 0 Å². The van der Waals surface area contributed by atoms with Crippen LogP contribution >= 0.6 is 11.6 Å². The number of hydrogen-bond acceptors (Lipinski definition) is 4. The molecule has 2 aromatic rings. The Morgan fingerprint density at radius 2 is 1.79 bits per heavy atom. The van der Waals surface area contributed by atoms with Gasteiger partial charge in [-0.3, -0.25) is 14.3 Å². The van der Waals surface area contributed by atoms with Crippen LogP contribution in [0, 0.1) is 13.8 Å². The summed E-state index contributed by atoms with van der Waals surface area (Å²) in [7, 11) is 0. The van der Waals surface area contributed by atoms with Crippen molar-refractivity contribution in [2.75, 3.05) is 37.6 Å². The van der Waals surface area contributed by atoms with Crippen LogP contribution in [0.3, 0.4) is 0 Å². The maximum Gasteiger partial charge on any atom is 0.242 e. The first-order valence-electron chi connectivity index (χ1n) is 9.48. The molecule has 1 aliphatic rings. The predicted octanol–water partition coefficient (Wildman–Crippen LogP) is 2.01. The van der Waals surface area contributed by atoms with Crippen LogP contribution < -0.4 is 10.2 Å². The zero-order chi connectivity index (χ0) is 20.1. The molecule has 1 fully saturated rings. The topological polar surface area (TPSA) is 70.5 Å². The number of rotatable bonds is 6. The normalized spacial score (nSPS) is 14.2. The molecule has 1 aliphatic heterocycles. The molecule has 150 valence electrons. The summed E-state index contributed by atoms with van der Waals surface area (Å²) >= 11 is 5.93. The number of aryl methyl sites for hydroxylation is 3. The summed E-state index contributed by atoms with van der Waals surface area (Å²) < 4.78 is 1.81. The molecule has 0 unspecified atom stereocenters. The van der Waals surface area contributed by atoms with Crippen molar-refractivity contribution in [1.82, 2.24) is 20.0 Å². The Balaban J connectivity index is 1.39. The SMILES string of the molecule is Cc1cc(C)n(CCC(=O)NCC(=O)N2CCN(c3ccc(Cl)cc3)CC2)n1. The number of nitrogens with zero attached hydrogens (tertiary/aromatic N) is 4. The van der Waals surface area contributed by atoms with Gasteiger partial charge in [0.1, 0.15) is 0 Å². The van der Waals surface area contributed by atoms with E-state index >= 15 is 0 Å². The highest BCUT2D eigenvalue weighted by molar-refractivity contribution is 6.30. The van der Waals surface area contributed by atoms with E-state index in [0.29, 0.717) is 31.1 Å². The van der Waals surface area contributed by atoms with Crippen molar-refractivity contribution >= 4 is 29.1 Å². The maximum absolute atomic E-state index is 12.4. The van der Waals surface area contributed by atoms with Crippen molar-refractivity contribution < 1.29 is 9.59 Å². The van der Waals surface area contributed by atoms with Crippen molar-refractivity contribution in [3.8, 4) is 0 Å². The Labute approximate surface area is 170 Å². The number of anilines is 1. The summed E-state index contributed by atoms with van der Waals surface area (Å²) in [5, 5.41) is 7.78. The van der Waals surface area contributed by atoms with Gasteiger partial charge in [0.05, 0.1) is 12.2 Å². The molecule has 0 aliphatic carbocycles. The quantitative estimate of drug-likeness (QED) is 0.801. The highest BCUT2D eigenvalue weighted by atomic mass is 35.5. The average Bonchev–Trinajstić information content (AvgIpc) is 3.02. The van der Waals surface area contributed by atoms with E-state index in [1.54, 1.807) is 4.90 Å². The summed E-state index contributed by atoms with van der Waals surface area (Å²) in [5.74, 6) is -0.184. The lowest BCUT2D eigenvalue weighted by Gasteiger charge is -2.36. The summed E-state index contributed by atoms with van der Waals surface area (Å²) in [6.07, 6.45) is 0.305. The fourth-order valence-electron chi connectivity index (χ4n) is 3.35. The summed E-state index contributed by atoms with van der Waals surface area (Å²) in [6, 6.07) is 9.70. The van der Waals surface area contributed by atoms with E-state index in [2.05, 4.69) is 15.3 Å². The summed E-state index contributed by atoms with van der Waals surface area (Å²) in [6.45, 7) is 7.25. The monoisotopic (exact) mass is 403 g/mol. The van der Waals surface area contributed by atoms with Gasteiger partial charge in [-0.15, -0.1) is 0 Å². The molecule has 1 N–H and O–H groups in total. The number of hydrogen-bond donors (Lipinski definition) is 1. The van der Waals surface area contributed by atoms with Crippen molar-refractivity contribution in [3.63, 3.8) is 0 Å². The second kappa shape index (κ2) is 9.10. The smallest absolute Gasteiger partial charge is 0.242 e. The number of carbonyl (C=O) groups is 2. The van der Waals surface area contributed by atoms with Gasteiger partial charge in [-0.05, 0) is 44.2 Å². The third kappa shape index (κ3) is 5.25. The van der Waals surface area contributed by atoms with Gasteiger partial charge in [-0.25, -0.2) is 0 Å². The van der Waals surface area contributed by atoms with Crippen LogP contribution in [-0.2, 0) is 16.1 Å². The van der Waals surface area contributed by atoms with Crippen LogP contribution in [-0.4, -0.2) is 59.2 Å². The second-order valence-corrected chi connectivity index (χ2v) is 7.46. The summed E-state index contributed by atoms with van der Waals surface area (Å²) in [5.41, 5.74) is 3.07. The van der Waals surface area contributed by atoms with Gasteiger partial charge >= 0.3 is 0 Å². The zero-order valence-electron chi connectivity index (χ0n) is 16.3. The van der Waals surface area contributed by atoms with Crippen LogP contribution in [0.1, 0.15) is 17.8 Å². The van der Waals surface area contributed by atoms with Crippen LogP contribution in [0.4, 0.5) is 5.69 Å². The van der Waals surface area contributed by atoms with E-state index < -0.39 is 0 Å². The Morgan fingerprint density at radius 1 is 1.11 bits per heavy atom. The minimum Gasteiger partial charge on any atom is -0.368 e. The van der Waals surface area contributed by atoms with E-state index in [9.17, 15) is 9.59 Å². The molecular formula is C20H26ClN5O2. The molecule has 1 aromatic carbocycles. The number of piperazine rings is 1. The molecule has 2 heterocycles. The van der Waals surface area contributed by atoms with Gasteiger partial charge in [-0.2, -0.15) is 5.10 Å². The Hall–Kier alpha value is -2.54. The van der Waals surface area contributed by atoms with E-state index in [1.165, 1.54) is 0 Å². The first-order chi connectivity index (χ1) is 13.4. The lowest BCUT2D eigenvalue weighted by molar-refractivity contribution is -0.133. The molecule has 28 heavy (non-hydrogen) atoms. The third-order valence-corrected chi connectivity index (χ3v) is 5.17. The summed E-state index contributed by atoms with van der Waals surface area (Å²) in [4.78, 5) is 28.5. The number of nitrogens with one attached hydrogen (secondary N) is 1. The largest absolute Gasteiger partial charge is 0.368 e. The molecule has 0 atom stereocenters. The average molecular weight is 404 g/mol. The highest BCUT2D eigenvalue weighted by Crippen LogP contribution is 2.19. The standard InChI is InChI=1S/C20H26ClN5O2/c1-15-13-16(2)26(23-15)8-7-19(27)22-14-20(28)25-11-9-24(10-12-25)18-5-3-17(21)4-6-18/h3-6,13H,7-12,14H2,1-2H3,(H,22,27). The van der Waals surface area contributed by atoms with E-state index in [1.807, 2.05) is 48.9 Å². The molecule has 1 saturated heterocycles. The predicted molar refractivity (Wildman–Crippen MR) is 110 cm³/mol. The minimum absolute atomic E-state index is 0.0386. The van der Waals surface area contributed by atoms with Gasteiger partial charge < -0.3 is 15.1 Å². The van der Waals surface area contributed by atoms with Gasteiger partial charge in [0.15, 0.2) is 0 Å². The number of amides is 2. The van der Waals surface area contributed by atoms with Gasteiger partial charge in [0.25, 0.3) is 0 Å². The molecular weight excluding hydrogens is 378 g/mol. The van der Waals surface area contributed by atoms with Gasteiger partial charge in [0, 0.05) is 55.5 Å². The molecule has 1 aromatic heterocycles. The van der Waals surface area contributed by atoms with Gasteiger partial charge in [0.2, 0.25) is 11.8 Å². The minimum atomic E-state index is -0.138. The van der Waals surface area contributed by atoms with Gasteiger partial charge in [-0.1, -0.05) is 11.6 Å². The molecule has 2 amide bonds. The van der Waals surface area contributed by atoms with E-state index in [-0.39, 0.29) is 18.4 Å². The van der Waals surface area contributed by atoms with E-state index in [4.69, 9.17) is 11.6 Å². The lowest BCUT2D eigenvalue weighted by atomic mass is 10.2. The Kier molecular flexibility index (Phi) is 6.57. The highest BCUT2D eigenvalue weighted by Gasteiger charge is 2.21. The van der Waals surface area contributed by atoms with Crippen molar-refractivity contribution in [2.45, 2.75) is 26.8 Å². The molecule has 7 nitrogen and oxygen atoms in total. The fraction of sp³-hybridized carbons (Fsp3) is 0.450. The van der Waals surface area contributed by atoms with Crippen molar-refractivity contribution in [3.05, 3.63) is 46.7 Å². The Morgan fingerprint density at radius 3 is 2.39 bits per heavy atom. The maximum atomic E-state index is 12.4. The zero-order valence-corrected chi connectivity index (χ0v) is 17.1. The van der Waals surface area contributed by atoms with Crippen LogP contribution in [0.5, 0.6) is 0 Å². The molecule has 3 rings (SSSR count). The molecule has 0 spiro atoms. The number of halogens is 1. The Bertz CT molecular complexity index is 826. The number of benzene rings is 1. The lowest BCUT2D eigenvalue weighted by Crippen LogP contribution is -2.51. The molecule has 0 bridgehead atoms. The second-order valence-electron chi connectivity index (χ2n) is 7.02. The number of carbonyl (C=O) groups excluding carboxylic acids is 2. The van der Waals surface area contributed by atoms with Crippen LogP contribution in [0.15, 0.2) is 30.3 Å². The number of aromatic nitrogens is 2. The molecule has 0 radical (unpaired) electrons. The first kappa shape index (κ1) is 20.2. The van der Waals surface area contributed by atoms with Crippen LogP contribution in [0.2, 0.25) is 5.02 Å². The van der Waals surface area contributed by atoms with Crippen molar-refractivity contribution in [1.29, 1.82) is 0 Å².